The number of piperazine rings is 1. The Morgan fingerprint density at radius 2 is 1.81 bits per heavy atom. The highest BCUT2D eigenvalue weighted by Gasteiger charge is 2.31. The van der Waals surface area contributed by atoms with Crippen LogP contribution in [0.2, 0.25) is 0 Å². The molecule has 1 aliphatic heterocycles. The van der Waals surface area contributed by atoms with Gasteiger partial charge in [-0.1, -0.05) is 0 Å². The van der Waals surface area contributed by atoms with E-state index >= 15 is 0 Å². The Morgan fingerprint density at radius 3 is 2.50 bits per heavy atom. The lowest BCUT2D eigenvalue weighted by Gasteiger charge is -2.33. The minimum Gasteiger partial charge on any atom is -0.355 e. The Bertz CT molecular complexity index is 1230. The normalized spacial score (nSPS) is 15.5. The van der Waals surface area contributed by atoms with Crippen LogP contribution >= 0.6 is 0 Å². The van der Waals surface area contributed by atoms with Gasteiger partial charge < -0.3 is 15.6 Å². The number of anilines is 1. The molecule has 0 saturated carbocycles. The highest BCUT2D eigenvalue weighted by Crippen LogP contribution is 2.25. The second kappa shape index (κ2) is 9.07. The molecule has 10 nitrogen and oxygen atoms in total. The fraction of sp³-hybridized carbons (Fsp3) is 0.286. The van der Waals surface area contributed by atoms with Crippen molar-refractivity contribution in [3.8, 4) is 0 Å². The highest BCUT2D eigenvalue weighted by atomic mass is 32.2. The van der Waals surface area contributed by atoms with Crippen LogP contribution in [0.15, 0.2) is 53.7 Å². The molecule has 3 aromatic rings. The molecule has 0 unspecified atom stereocenters. The lowest BCUT2D eigenvalue weighted by atomic mass is 10.2. The summed E-state index contributed by atoms with van der Waals surface area (Å²) in [4.78, 5) is 33.2. The number of aromatic nitrogens is 2. The molecule has 0 atom stereocenters. The zero-order valence-electron chi connectivity index (χ0n) is 17.5. The molecule has 1 saturated heterocycles. The average molecular weight is 457 g/mol. The van der Waals surface area contributed by atoms with Crippen molar-refractivity contribution >= 4 is 38.6 Å². The summed E-state index contributed by atoms with van der Waals surface area (Å²) in [6.45, 7) is 1.64. The van der Waals surface area contributed by atoms with Crippen LogP contribution in [-0.2, 0) is 14.8 Å². The Hall–Kier alpha value is -3.28. The third-order valence-electron chi connectivity index (χ3n) is 5.39. The van der Waals surface area contributed by atoms with Crippen molar-refractivity contribution in [3.05, 3.63) is 54.4 Å². The van der Waals surface area contributed by atoms with Gasteiger partial charge in [0.05, 0.1) is 6.54 Å². The van der Waals surface area contributed by atoms with E-state index in [4.69, 9.17) is 0 Å². The molecule has 0 bridgehead atoms. The van der Waals surface area contributed by atoms with Crippen molar-refractivity contribution in [1.29, 1.82) is 0 Å². The van der Waals surface area contributed by atoms with Crippen LogP contribution < -0.4 is 10.6 Å². The average Bonchev–Trinajstić information content (AvgIpc) is 3.24. The summed E-state index contributed by atoms with van der Waals surface area (Å²) in [7, 11) is -2.10. The number of H-pyrrole nitrogens is 1. The number of hydrogen-bond donors (Lipinski definition) is 3. The number of amides is 2. The summed E-state index contributed by atoms with van der Waals surface area (Å²) < 4.78 is 27.6. The first-order chi connectivity index (χ1) is 15.4. The van der Waals surface area contributed by atoms with Crippen LogP contribution in [0.4, 0.5) is 5.69 Å². The second-order valence-electron chi connectivity index (χ2n) is 7.44. The van der Waals surface area contributed by atoms with Crippen molar-refractivity contribution in [2.75, 3.05) is 45.1 Å². The standard InChI is InChI=1S/C21H24N6O4S/c1-22-21(29)15-4-6-16(7-5-15)25-19(28)14-26-9-11-27(12-10-26)32(30,31)18-13-24-20-17(18)3-2-8-23-20/h2-8,13H,9-12,14H2,1H3,(H,22,29)(H,23,24)(H,25,28). The molecule has 2 amide bonds. The second-order valence-corrected chi connectivity index (χ2v) is 9.34. The minimum atomic E-state index is -3.66. The van der Waals surface area contributed by atoms with Crippen molar-refractivity contribution in [3.63, 3.8) is 0 Å². The molecule has 4 rings (SSSR count). The summed E-state index contributed by atoms with van der Waals surface area (Å²) in [5, 5.41) is 5.91. The van der Waals surface area contributed by atoms with E-state index in [-0.39, 0.29) is 23.3 Å². The number of benzene rings is 1. The highest BCUT2D eigenvalue weighted by molar-refractivity contribution is 7.89. The van der Waals surface area contributed by atoms with Gasteiger partial charge in [-0.2, -0.15) is 4.31 Å². The van der Waals surface area contributed by atoms with Crippen molar-refractivity contribution in [2.45, 2.75) is 4.90 Å². The molecule has 168 valence electrons. The number of carbonyl (C=O) groups is 2. The van der Waals surface area contributed by atoms with Gasteiger partial charge in [0.1, 0.15) is 10.5 Å². The summed E-state index contributed by atoms with van der Waals surface area (Å²) >= 11 is 0. The number of nitrogens with one attached hydrogen (secondary N) is 3. The molecule has 0 spiro atoms. The largest absolute Gasteiger partial charge is 0.355 e. The molecule has 2 aromatic heterocycles. The molecule has 32 heavy (non-hydrogen) atoms. The summed E-state index contributed by atoms with van der Waals surface area (Å²) in [6.07, 6.45) is 3.08. The van der Waals surface area contributed by atoms with Gasteiger partial charge in [0, 0.05) is 62.3 Å². The number of carbonyl (C=O) groups excluding carboxylic acids is 2. The molecule has 1 aliphatic rings. The number of rotatable bonds is 6. The van der Waals surface area contributed by atoms with Gasteiger partial charge >= 0.3 is 0 Å². The maximum Gasteiger partial charge on any atom is 0.251 e. The van der Waals surface area contributed by atoms with Gasteiger partial charge in [-0.25, -0.2) is 13.4 Å². The lowest BCUT2D eigenvalue weighted by Crippen LogP contribution is -2.50. The first-order valence-electron chi connectivity index (χ1n) is 10.1. The van der Waals surface area contributed by atoms with Gasteiger partial charge in [0.15, 0.2) is 0 Å². The first-order valence-corrected chi connectivity index (χ1v) is 11.6. The van der Waals surface area contributed by atoms with E-state index in [0.717, 1.165) is 0 Å². The van der Waals surface area contributed by atoms with Crippen LogP contribution in [0, 0.1) is 0 Å². The Labute approximate surface area is 185 Å². The molecule has 0 radical (unpaired) electrons. The van der Waals surface area contributed by atoms with E-state index in [1.807, 2.05) is 4.90 Å². The van der Waals surface area contributed by atoms with Crippen LogP contribution in [0.25, 0.3) is 11.0 Å². The Balaban J connectivity index is 1.32. The van der Waals surface area contributed by atoms with Crippen molar-refractivity contribution in [2.24, 2.45) is 0 Å². The molecular weight excluding hydrogens is 432 g/mol. The van der Waals surface area contributed by atoms with E-state index in [0.29, 0.717) is 48.5 Å². The van der Waals surface area contributed by atoms with Crippen molar-refractivity contribution < 1.29 is 18.0 Å². The number of fused-ring (bicyclic) bond motifs is 1. The van der Waals surface area contributed by atoms with E-state index in [1.54, 1.807) is 49.6 Å². The molecule has 0 aliphatic carbocycles. The maximum absolute atomic E-state index is 13.1. The van der Waals surface area contributed by atoms with E-state index in [9.17, 15) is 18.0 Å². The summed E-state index contributed by atoms with van der Waals surface area (Å²) in [5.74, 6) is -0.392. The van der Waals surface area contributed by atoms with E-state index in [1.165, 1.54) is 10.5 Å². The quantitative estimate of drug-likeness (QED) is 0.505. The van der Waals surface area contributed by atoms with Crippen LogP contribution in [0.1, 0.15) is 10.4 Å². The fourth-order valence-electron chi connectivity index (χ4n) is 3.66. The molecule has 3 heterocycles. The summed E-state index contributed by atoms with van der Waals surface area (Å²) in [6, 6.07) is 10.0. The predicted molar refractivity (Wildman–Crippen MR) is 120 cm³/mol. The molecule has 11 heteroatoms. The fourth-order valence-corrected chi connectivity index (χ4v) is 5.24. The van der Waals surface area contributed by atoms with E-state index < -0.39 is 10.0 Å². The molecule has 1 aromatic carbocycles. The molecular formula is C21H24N6O4S. The number of hydrogen-bond acceptors (Lipinski definition) is 6. The molecule has 1 fully saturated rings. The third kappa shape index (κ3) is 4.49. The number of nitrogens with zero attached hydrogens (tertiary/aromatic N) is 3. The predicted octanol–water partition coefficient (Wildman–Crippen LogP) is 0.868. The monoisotopic (exact) mass is 456 g/mol. The van der Waals surface area contributed by atoms with Gasteiger partial charge in [-0.05, 0) is 36.4 Å². The van der Waals surface area contributed by atoms with Gasteiger partial charge in [0.2, 0.25) is 15.9 Å². The SMILES string of the molecule is CNC(=O)c1ccc(NC(=O)CN2CCN(S(=O)(=O)c3c[nH]c4ncccc34)CC2)cc1. The number of aromatic amines is 1. The van der Waals surface area contributed by atoms with Gasteiger partial charge in [-0.15, -0.1) is 0 Å². The van der Waals surface area contributed by atoms with Crippen LogP contribution in [-0.4, -0.2) is 79.2 Å². The molecule has 3 N–H and O–H groups in total. The zero-order chi connectivity index (χ0) is 22.7. The van der Waals surface area contributed by atoms with Gasteiger partial charge in [-0.3, -0.25) is 14.5 Å². The Morgan fingerprint density at radius 1 is 1.09 bits per heavy atom. The van der Waals surface area contributed by atoms with E-state index in [2.05, 4.69) is 20.6 Å². The smallest absolute Gasteiger partial charge is 0.251 e. The third-order valence-corrected chi connectivity index (χ3v) is 7.33. The minimum absolute atomic E-state index is 0.155. The van der Waals surface area contributed by atoms with Crippen LogP contribution in [0.3, 0.4) is 0 Å². The summed E-state index contributed by atoms with van der Waals surface area (Å²) in [5.41, 5.74) is 1.63. The number of pyridine rings is 1. The Kier molecular flexibility index (Phi) is 6.21. The lowest BCUT2D eigenvalue weighted by molar-refractivity contribution is -0.117. The maximum atomic E-state index is 13.1. The number of sulfonamides is 1. The van der Waals surface area contributed by atoms with Crippen molar-refractivity contribution in [1.82, 2.24) is 24.5 Å². The topological polar surface area (TPSA) is 127 Å². The van der Waals surface area contributed by atoms with Gasteiger partial charge in [0.25, 0.3) is 5.91 Å². The van der Waals surface area contributed by atoms with Crippen LogP contribution in [0.5, 0.6) is 0 Å². The zero-order valence-corrected chi connectivity index (χ0v) is 18.4. The first kappa shape index (κ1) is 21.9.